The van der Waals surface area contributed by atoms with Gasteiger partial charge in [0, 0.05) is 23.8 Å². The zero-order valence-electron chi connectivity index (χ0n) is 9.67. The van der Waals surface area contributed by atoms with Gasteiger partial charge in [0.25, 0.3) is 5.91 Å². The number of rotatable bonds is 4. The zero-order valence-corrected chi connectivity index (χ0v) is 11.3. The number of hydrogen-bond acceptors (Lipinski definition) is 2. The molecule has 0 aliphatic carbocycles. The molecule has 0 radical (unpaired) electrons. The quantitative estimate of drug-likeness (QED) is 0.897. The first kappa shape index (κ1) is 12.6. The molecule has 1 aliphatic rings. The normalized spacial score (nSPS) is 20.2. The van der Waals surface area contributed by atoms with Gasteiger partial charge >= 0.3 is 0 Å². The average molecular weight is 301 g/mol. The number of aromatic nitrogens is 1. The van der Waals surface area contributed by atoms with Gasteiger partial charge in [-0.3, -0.25) is 4.79 Å². The third-order valence-electron chi connectivity index (χ3n) is 2.92. The van der Waals surface area contributed by atoms with E-state index in [1.165, 1.54) is 12.8 Å². The highest BCUT2D eigenvalue weighted by atomic mass is 79.9. The van der Waals surface area contributed by atoms with E-state index in [4.69, 9.17) is 4.74 Å². The maximum Gasteiger partial charge on any atom is 0.267 e. The van der Waals surface area contributed by atoms with E-state index in [1.807, 2.05) is 0 Å². The van der Waals surface area contributed by atoms with Crippen molar-refractivity contribution in [2.75, 3.05) is 13.2 Å². The highest BCUT2D eigenvalue weighted by molar-refractivity contribution is 9.10. The summed E-state index contributed by atoms with van der Waals surface area (Å²) in [5, 5.41) is 2.89. The Balaban J connectivity index is 1.69. The minimum Gasteiger partial charge on any atom is -0.378 e. The van der Waals surface area contributed by atoms with Crippen LogP contribution >= 0.6 is 15.9 Å². The van der Waals surface area contributed by atoms with Crippen LogP contribution in [0.2, 0.25) is 0 Å². The standard InChI is InChI=1S/C12H17BrN2O2/c13-9-7-11(15-8-9)12(16)14-5-4-10-3-1-2-6-17-10/h7-8,10,15H,1-6H2,(H,14,16). The molecule has 0 saturated carbocycles. The van der Waals surface area contributed by atoms with E-state index in [2.05, 4.69) is 26.2 Å². The van der Waals surface area contributed by atoms with Crippen LogP contribution in [0, 0.1) is 0 Å². The lowest BCUT2D eigenvalue weighted by molar-refractivity contribution is 0.0117. The van der Waals surface area contributed by atoms with Gasteiger partial charge in [0.05, 0.1) is 6.10 Å². The average Bonchev–Trinajstić information content (AvgIpc) is 2.77. The summed E-state index contributed by atoms with van der Waals surface area (Å²) in [7, 11) is 0. The van der Waals surface area contributed by atoms with Crippen molar-refractivity contribution in [3.8, 4) is 0 Å². The van der Waals surface area contributed by atoms with Gasteiger partial charge in [-0.2, -0.15) is 0 Å². The van der Waals surface area contributed by atoms with Crippen molar-refractivity contribution in [3.63, 3.8) is 0 Å². The second-order valence-electron chi connectivity index (χ2n) is 4.26. The van der Waals surface area contributed by atoms with Crippen LogP contribution in [0.4, 0.5) is 0 Å². The first-order valence-corrected chi connectivity index (χ1v) is 6.79. The van der Waals surface area contributed by atoms with Crippen LogP contribution < -0.4 is 5.32 Å². The number of amides is 1. The molecule has 1 saturated heterocycles. The Bertz CT molecular complexity index is 372. The summed E-state index contributed by atoms with van der Waals surface area (Å²) in [6, 6.07) is 1.77. The van der Waals surface area contributed by atoms with Gasteiger partial charge in [-0.05, 0) is 47.7 Å². The molecule has 0 spiro atoms. The van der Waals surface area contributed by atoms with E-state index in [1.54, 1.807) is 12.3 Å². The number of hydrogen-bond donors (Lipinski definition) is 2. The van der Waals surface area contributed by atoms with Gasteiger partial charge < -0.3 is 15.0 Å². The minimum absolute atomic E-state index is 0.0634. The van der Waals surface area contributed by atoms with Gasteiger partial charge in [0.2, 0.25) is 0 Å². The van der Waals surface area contributed by atoms with Gasteiger partial charge in [-0.1, -0.05) is 0 Å². The molecule has 4 nitrogen and oxygen atoms in total. The Morgan fingerprint density at radius 2 is 2.47 bits per heavy atom. The molecular weight excluding hydrogens is 284 g/mol. The van der Waals surface area contributed by atoms with Crippen molar-refractivity contribution >= 4 is 21.8 Å². The molecule has 94 valence electrons. The summed E-state index contributed by atoms with van der Waals surface area (Å²) in [5.74, 6) is -0.0634. The fraction of sp³-hybridized carbons (Fsp3) is 0.583. The van der Waals surface area contributed by atoms with Crippen LogP contribution in [0.5, 0.6) is 0 Å². The minimum atomic E-state index is -0.0634. The number of nitrogens with one attached hydrogen (secondary N) is 2. The molecule has 2 N–H and O–H groups in total. The monoisotopic (exact) mass is 300 g/mol. The van der Waals surface area contributed by atoms with Crippen LogP contribution in [-0.4, -0.2) is 30.1 Å². The lowest BCUT2D eigenvalue weighted by atomic mass is 10.1. The van der Waals surface area contributed by atoms with Gasteiger partial charge in [0.1, 0.15) is 5.69 Å². The molecule has 0 bridgehead atoms. The van der Waals surface area contributed by atoms with Gasteiger partial charge in [0.15, 0.2) is 0 Å². The van der Waals surface area contributed by atoms with Crippen molar-refractivity contribution in [1.29, 1.82) is 0 Å². The highest BCUT2D eigenvalue weighted by Gasteiger charge is 2.14. The summed E-state index contributed by atoms with van der Waals surface area (Å²) in [6.45, 7) is 1.53. The lowest BCUT2D eigenvalue weighted by Gasteiger charge is -2.22. The maximum atomic E-state index is 11.7. The second kappa shape index (κ2) is 6.21. The zero-order chi connectivity index (χ0) is 12.1. The third kappa shape index (κ3) is 3.85. The van der Waals surface area contributed by atoms with E-state index in [0.29, 0.717) is 18.3 Å². The molecule has 1 aromatic heterocycles. The maximum absolute atomic E-state index is 11.7. The molecule has 1 atom stereocenters. The predicted octanol–water partition coefficient (Wildman–Crippen LogP) is 2.47. The molecule has 1 fully saturated rings. The van der Waals surface area contributed by atoms with Crippen LogP contribution in [0.1, 0.15) is 36.2 Å². The van der Waals surface area contributed by atoms with Crippen molar-refractivity contribution in [2.45, 2.75) is 31.8 Å². The van der Waals surface area contributed by atoms with Gasteiger partial charge in [-0.25, -0.2) is 0 Å². The first-order valence-electron chi connectivity index (χ1n) is 5.99. The number of ether oxygens (including phenoxy) is 1. The summed E-state index contributed by atoms with van der Waals surface area (Å²) in [4.78, 5) is 14.6. The number of halogens is 1. The summed E-state index contributed by atoms with van der Waals surface area (Å²) in [6.07, 6.45) is 6.48. The molecule has 2 heterocycles. The second-order valence-corrected chi connectivity index (χ2v) is 5.18. The van der Waals surface area contributed by atoms with E-state index in [-0.39, 0.29) is 5.91 Å². The molecular formula is C12H17BrN2O2. The summed E-state index contributed by atoms with van der Waals surface area (Å²) >= 11 is 3.30. The molecule has 17 heavy (non-hydrogen) atoms. The predicted molar refractivity (Wildman–Crippen MR) is 69.0 cm³/mol. The smallest absolute Gasteiger partial charge is 0.267 e. The number of carbonyl (C=O) groups excluding carboxylic acids is 1. The van der Waals surface area contributed by atoms with Crippen LogP contribution in [-0.2, 0) is 4.74 Å². The summed E-state index contributed by atoms with van der Waals surface area (Å²) in [5.41, 5.74) is 0.585. The van der Waals surface area contributed by atoms with Crippen LogP contribution in [0.3, 0.4) is 0 Å². The third-order valence-corrected chi connectivity index (χ3v) is 3.38. The molecule has 1 aliphatic heterocycles. The largest absolute Gasteiger partial charge is 0.378 e. The number of aromatic amines is 1. The Hall–Kier alpha value is -0.810. The summed E-state index contributed by atoms with van der Waals surface area (Å²) < 4.78 is 6.49. The van der Waals surface area contributed by atoms with E-state index >= 15 is 0 Å². The Morgan fingerprint density at radius 3 is 3.12 bits per heavy atom. The fourth-order valence-electron chi connectivity index (χ4n) is 1.98. The fourth-order valence-corrected chi connectivity index (χ4v) is 2.32. The molecule has 5 heteroatoms. The van der Waals surface area contributed by atoms with Crippen molar-refractivity contribution in [3.05, 3.63) is 22.4 Å². The molecule has 1 aromatic rings. The van der Waals surface area contributed by atoms with Crippen LogP contribution in [0.25, 0.3) is 0 Å². The van der Waals surface area contributed by atoms with Crippen molar-refractivity contribution in [2.24, 2.45) is 0 Å². The van der Waals surface area contributed by atoms with E-state index in [9.17, 15) is 4.79 Å². The Morgan fingerprint density at radius 1 is 1.59 bits per heavy atom. The van der Waals surface area contributed by atoms with Crippen molar-refractivity contribution < 1.29 is 9.53 Å². The van der Waals surface area contributed by atoms with Gasteiger partial charge in [-0.15, -0.1) is 0 Å². The molecule has 0 aromatic carbocycles. The number of H-pyrrole nitrogens is 1. The SMILES string of the molecule is O=C(NCCC1CCCCO1)c1cc(Br)c[nH]1. The van der Waals surface area contributed by atoms with Crippen LogP contribution in [0.15, 0.2) is 16.7 Å². The Labute approximate surface area is 109 Å². The first-order chi connectivity index (χ1) is 8.25. The Kier molecular flexibility index (Phi) is 4.62. The highest BCUT2D eigenvalue weighted by Crippen LogP contribution is 2.15. The van der Waals surface area contributed by atoms with Crippen molar-refractivity contribution in [1.82, 2.24) is 10.3 Å². The molecule has 2 rings (SSSR count). The van der Waals surface area contributed by atoms with E-state index in [0.717, 1.165) is 23.9 Å². The molecule has 1 unspecified atom stereocenters. The topological polar surface area (TPSA) is 54.1 Å². The lowest BCUT2D eigenvalue weighted by Crippen LogP contribution is -2.29. The number of carbonyl (C=O) groups is 1. The molecule has 1 amide bonds. The van der Waals surface area contributed by atoms with E-state index < -0.39 is 0 Å².